The average molecular weight is 318 g/mol. The van der Waals surface area contributed by atoms with E-state index < -0.39 is 17.2 Å². The Morgan fingerprint density at radius 2 is 2.17 bits per heavy atom. The van der Waals surface area contributed by atoms with Crippen LogP contribution in [-0.2, 0) is 18.4 Å². The molecule has 2 aromatic rings. The van der Waals surface area contributed by atoms with Gasteiger partial charge in [-0.1, -0.05) is 6.08 Å². The van der Waals surface area contributed by atoms with E-state index in [4.69, 9.17) is 4.74 Å². The van der Waals surface area contributed by atoms with Crippen molar-refractivity contribution in [3.8, 4) is 5.75 Å². The lowest BCUT2D eigenvalue weighted by Gasteiger charge is -2.13. The Kier molecular flexibility index (Phi) is 4.63. The molecule has 8 heteroatoms. The molecule has 0 unspecified atom stereocenters. The Bertz CT molecular complexity index is 895. The topological polar surface area (TPSA) is 95.2 Å². The third kappa shape index (κ3) is 2.87. The number of methoxy groups -OCH3 is 1. The zero-order valence-electron chi connectivity index (χ0n) is 13.3. The number of nitrogens with zero attached hydrogens (tertiary/aromatic N) is 3. The van der Waals surface area contributed by atoms with Gasteiger partial charge in [0.15, 0.2) is 5.65 Å². The highest BCUT2D eigenvalue weighted by molar-refractivity contribution is 5.83. The fraction of sp³-hybridized carbons (Fsp3) is 0.333. The van der Waals surface area contributed by atoms with E-state index in [0.29, 0.717) is 11.3 Å². The van der Waals surface area contributed by atoms with Gasteiger partial charge in [-0.15, -0.1) is 6.58 Å². The van der Waals surface area contributed by atoms with E-state index in [-0.39, 0.29) is 24.1 Å². The second-order valence-corrected chi connectivity index (χ2v) is 5.00. The van der Waals surface area contributed by atoms with E-state index >= 15 is 0 Å². The third-order valence-corrected chi connectivity index (χ3v) is 3.43. The van der Waals surface area contributed by atoms with Crippen molar-refractivity contribution in [2.24, 2.45) is 7.05 Å². The van der Waals surface area contributed by atoms with Crippen LogP contribution in [0.2, 0.25) is 0 Å². The molecule has 2 aromatic heterocycles. The van der Waals surface area contributed by atoms with Crippen molar-refractivity contribution in [2.45, 2.75) is 13.5 Å². The summed E-state index contributed by atoms with van der Waals surface area (Å²) < 4.78 is 7.36. The van der Waals surface area contributed by atoms with E-state index in [1.165, 1.54) is 31.0 Å². The Balaban J connectivity index is 2.72. The monoisotopic (exact) mass is 318 g/mol. The number of hydrogen-bond donors (Lipinski definition) is 1. The van der Waals surface area contributed by atoms with Crippen LogP contribution >= 0.6 is 0 Å². The number of aryl methyl sites for hydroxylation is 2. The molecule has 0 aliphatic heterocycles. The first kappa shape index (κ1) is 16.5. The Morgan fingerprint density at radius 3 is 2.78 bits per heavy atom. The summed E-state index contributed by atoms with van der Waals surface area (Å²) in [7, 11) is 2.93. The van der Waals surface area contributed by atoms with Crippen LogP contribution in [-0.4, -0.2) is 33.7 Å². The fourth-order valence-corrected chi connectivity index (χ4v) is 2.31. The number of hydrogen-bond acceptors (Lipinski definition) is 5. The summed E-state index contributed by atoms with van der Waals surface area (Å²) in [5, 5.41) is 2.70. The summed E-state index contributed by atoms with van der Waals surface area (Å²) >= 11 is 0. The molecule has 0 aromatic carbocycles. The molecule has 0 spiro atoms. The molecule has 0 aliphatic carbocycles. The molecule has 1 amide bonds. The summed E-state index contributed by atoms with van der Waals surface area (Å²) in [5.41, 5.74) is -0.344. The van der Waals surface area contributed by atoms with Crippen LogP contribution in [0.5, 0.6) is 5.75 Å². The zero-order chi connectivity index (χ0) is 17.1. The molecule has 122 valence electrons. The van der Waals surface area contributed by atoms with E-state index in [1.807, 2.05) is 0 Å². The van der Waals surface area contributed by atoms with Crippen LogP contribution in [0, 0.1) is 6.92 Å². The maximum Gasteiger partial charge on any atom is 0.332 e. The van der Waals surface area contributed by atoms with E-state index in [2.05, 4.69) is 16.9 Å². The molecule has 8 nitrogen and oxygen atoms in total. The normalized spacial score (nSPS) is 10.6. The quantitative estimate of drug-likeness (QED) is 0.765. The van der Waals surface area contributed by atoms with Crippen molar-refractivity contribution in [3.05, 3.63) is 45.3 Å². The highest BCUT2D eigenvalue weighted by Crippen LogP contribution is 2.23. The molecule has 2 rings (SSSR count). The van der Waals surface area contributed by atoms with Crippen LogP contribution in [0.25, 0.3) is 11.0 Å². The molecule has 0 atom stereocenters. The molecule has 0 radical (unpaired) electrons. The van der Waals surface area contributed by atoms with Gasteiger partial charge in [-0.25, -0.2) is 14.3 Å². The highest BCUT2D eigenvalue weighted by Gasteiger charge is 2.18. The van der Waals surface area contributed by atoms with Gasteiger partial charge in [0.2, 0.25) is 5.91 Å². The number of ether oxygens (including phenoxy) is 1. The number of aromatic nitrogens is 3. The number of carbonyl (C=O) groups excluding carboxylic acids is 1. The Hall–Kier alpha value is -2.90. The highest BCUT2D eigenvalue weighted by atomic mass is 16.5. The molecule has 0 saturated heterocycles. The van der Waals surface area contributed by atoms with Gasteiger partial charge in [-0.05, 0) is 6.92 Å². The first-order valence-corrected chi connectivity index (χ1v) is 6.93. The molecule has 0 bridgehead atoms. The summed E-state index contributed by atoms with van der Waals surface area (Å²) in [6, 6.07) is 0. The zero-order valence-corrected chi connectivity index (χ0v) is 13.3. The van der Waals surface area contributed by atoms with Crippen LogP contribution in [0.15, 0.2) is 28.4 Å². The van der Waals surface area contributed by atoms with E-state index in [0.717, 1.165) is 4.57 Å². The summed E-state index contributed by atoms with van der Waals surface area (Å²) in [6.45, 7) is 5.11. The van der Waals surface area contributed by atoms with Gasteiger partial charge in [-0.3, -0.25) is 14.2 Å². The van der Waals surface area contributed by atoms with Gasteiger partial charge < -0.3 is 10.1 Å². The first-order chi connectivity index (χ1) is 10.9. The van der Waals surface area contributed by atoms with Crippen molar-refractivity contribution in [1.29, 1.82) is 0 Å². The van der Waals surface area contributed by atoms with Crippen LogP contribution in [0.3, 0.4) is 0 Å². The van der Waals surface area contributed by atoms with E-state index in [1.54, 1.807) is 6.92 Å². The molecular formula is C15H18N4O4. The lowest BCUT2D eigenvalue weighted by molar-refractivity contribution is -0.121. The minimum Gasteiger partial charge on any atom is -0.495 e. The summed E-state index contributed by atoms with van der Waals surface area (Å²) in [4.78, 5) is 41.0. The van der Waals surface area contributed by atoms with Gasteiger partial charge in [-0.2, -0.15) is 0 Å². The van der Waals surface area contributed by atoms with Crippen molar-refractivity contribution in [3.63, 3.8) is 0 Å². The number of amides is 1. The number of fused-ring (bicyclic) bond motifs is 1. The molecule has 23 heavy (non-hydrogen) atoms. The second kappa shape index (κ2) is 6.47. The Labute approximate surface area is 132 Å². The van der Waals surface area contributed by atoms with Gasteiger partial charge in [0.05, 0.1) is 7.11 Å². The lowest BCUT2D eigenvalue weighted by atomic mass is 10.2. The predicted octanol–water partition coefficient (Wildman–Crippen LogP) is -0.286. The predicted molar refractivity (Wildman–Crippen MR) is 85.7 cm³/mol. The second-order valence-electron chi connectivity index (χ2n) is 5.00. The molecule has 0 aliphatic rings. The number of carbonyl (C=O) groups is 1. The van der Waals surface area contributed by atoms with Gasteiger partial charge in [0.25, 0.3) is 5.56 Å². The van der Waals surface area contributed by atoms with Crippen LogP contribution in [0.4, 0.5) is 0 Å². The van der Waals surface area contributed by atoms with Crippen molar-refractivity contribution < 1.29 is 9.53 Å². The van der Waals surface area contributed by atoms with Crippen molar-refractivity contribution >= 4 is 16.9 Å². The minimum atomic E-state index is -0.616. The largest absolute Gasteiger partial charge is 0.495 e. The maximum atomic E-state index is 12.7. The molecular weight excluding hydrogens is 300 g/mol. The molecule has 2 heterocycles. The van der Waals surface area contributed by atoms with Gasteiger partial charge >= 0.3 is 5.69 Å². The van der Waals surface area contributed by atoms with Crippen molar-refractivity contribution in [2.75, 3.05) is 13.7 Å². The van der Waals surface area contributed by atoms with Crippen LogP contribution < -0.4 is 21.3 Å². The smallest absolute Gasteiger partial charge is 0.332 e. The number of rotatable bonds is 5. The SMILES string of the molecule is C=CCNC(=O)Cn1c(=O)c2c(OC)c(C)cnc2n(C)c1=O. The molecule has 0 fully saturated rings. The van der Waals surface area contributed by atoms with Gasteiger partial charge in [0, 0.05) is 25.4 Å². The summed E-state index contributed by atoms with van der Waals surface area (Å²) in [5.74, 6) is -0.112. The minimum absolute atomic E-state index is 0.172. The standard InChI is InChI=1S/C15H18N4O4/c1-5-6-16-10(20)8-19-14(21)11-12(23-4)9(2)7-17-13(11)18(3)15(19)22/h5,7H,1,6,8H2,2-4H3,(H,16,20). The van der Waals surface area contributed by atoms with Crippen molar-refractivity contribution in [1.82, 2.24) is 19.4 Å². The molecule has 1 N–H and O–H groups in total. The fourth-order valence-electron chi connectivity index (χ4n) is 2.31. The lowest BCUT2D eigenvalue weighted by Crippen LogP contribution is -2.43. The summed E-state index contributed by atoms with van der Waals surface area (Å²) in [6.07, 6.45) is 3.04. The van der Waals surface area contributed by atoms with E-state index in [9.17, 15) is 14.4 Å². The average Bonchev–Trinajstić information content (AvgIpc) is 2.54. The number of nitrogens with one attached hydrogen (secondary N) is 1. The third-order valence-electron chi connectivity index (χ3n) is 3.43. The maximum absolute atomic E-state index is 12.7. The molecule has 0 saturated carbocycles. The number of pyridine rings is 1. The van der Waals surface area contributed by atoms with Gasteiger partial charge in [0.1, 0.15) is 17.7 Å². The Morgan fingerprint density at radius 1 is 1.48 bits per heavy atom. The van der Waals surface area contributed by atoms with Crippen LogP contribution in [0.1, 0.15) is 5.56 Å². The first-order valence-electron chi connectivity index (χ1n) is 6.93.